The molecule has 0 radical (unpaired) electrons. The molecule has 0 aromatic heterocycles. The molecule has 0 atom stereocenters. The predicted octanol–water partition coefficient (Wildman–Crippen LogP) is 3.56. The zero-order valence-corrected chi connectivity index (χ0v) is 19.4. The summed E-state index contributed by atoms with van der Waals surface area (Å²) in [5.74, 6) is 6.84. The molecule has 0 spiro atoms. The Morgan fingerprint density at radius 3 is 2.62 bits per heavy atom. The van der Waals surface area contributed by atoms with E-state index in [1.165, 1.54) is 17.1 Å². The Kier molecular flexibility index (Phi) is 6.83. The molecule has 0 saturated carbocycles. The Balaban J connectivity index is 1.69. The molecule has 4 rings (SSSR count). The number of benzene rings is 2. The SMILES string of the molecule is COc1cc(/C=C2\CCCN3C2=NC(=O)CCN3c2ccc(F)cc2)ccc1N(N)/C=C(/C)N. The van der Waals surface area contributed by atoms with Crippen LogP contribution in [-0.2, 0) is 4.79 Å². The van der Waals surface area contributed by atoms with E-state index in [-0.39, 0.29) is 18.1 Å². The predicted molar refractivity (Wildman–Crippen MR) is 132 cm³/mol. The van der Waals surface area contributed by atoms with Crippen LogP contribution in [0.2, 0.25) is 0 Å². The molecule has 1 amide bonds. The zero-order valence-electron chi connectivity index (χ0n) is 19.4. The molecule has 0 unspecified atom stereocenters. The molecule has 34 heavy (non-hydrogen) atoms. The Morgan fingerprint density at radius 1 is 1.15 bits per heavy atom. The van der Waals surface area contributed by atoms with Gasteiger partial charge < -0.3 is 10.5 Å². The third-order valence-corrected chi connectivity index (χ3v) is 5.70. The maximum absolute atomic E-state index is 13.5. The van der Waals surface area contributed by atoms with Crippen molar-refractivity contribution in [3.05, 3.63) is 71.3 Å². The van der Waals surface area contributed by atoms with Crippen LogP contribution in [0, 0.1) is 5.82 Å². The van der Waals surface area contributed by atoms with Crippen LogP contribution in [0.25, 0.3) is 6.08 Å². The van der Waals surface area contributed by atoms with E-state index in [2.05, 4.69) is 4.99 Å². The van der Waals surface area contributed by atoms with Crippen molar-refractivity contribution in [2.75, 3.05) is 30.2 Å². The molecule has 178 valence electrons. The Morgan fingerprint density at radius 2 is 1.91 bits per heavy atom. The van der Waals surface area contributed by atoms with Gasteiger partial charge in [-0.25, -0.2) is 10.2 Å². The number of nitrogens with two attached hydrogens (primary N) is 2. The van der Waals surface area contributed by atoms with Gasteiger partial charge in [-0.05, 0) is 73.4 Å². The summed E-state index contributed by atoms with van der Waals surface area (Å²) in [6.07, 6.45) is 5.59. The fourth-order valence-corrected chi connectivity index (χ4v) is 4.17. The van der Waals surface area contributed by atoms with Crippen molar-refractivity contribution in [2.24, 2.45) is 16.6 Å². The summed E-state index contributed by atoms with van der Waals surface area (Å²) in [7, 11) is 1.58. The second-order valence-electron chi connectivity index (χ2n) is 8.29. The maximum Gasteiger partial charge on any atom is 0.249 e. The summed E-state index contributed by atoms with van der Waals surface area (Å²) < 4.78 is 19.0. The molecule has 0 bridgehead atoms. The van der Waals surface area contributed by atoms with E-state index >= 15 is 0 Å². The van der Waals surface area contributed by atoms with Crippen LogP contribution in [0.3, 0.4) is 0 Å². The van der Waals surface area contributed by atoms with Gasteiger partial charge >= 0.3 is 0 Å². The molecule has 9 heteroatoms. The van der Waals surface area contributed by atoms with Crippen LogP contribution in [-0.4, -0.2) is 37.0 Å². The van der Waals surface area contributed by atoms with Gasteiger partial charge in [0.25, 0.3) is 0 Å². The van der Waals surface area contributed by atoms with Gasteiger partial charge in [0.1, 0.15) is 11.6 Å². The average molecular weight is 465 g/mol. The molecule has 1 fully saturated rings. The lowest BCUT2D eigenvalue weighted by atomic mass is 10.0. The summed E-state index contributed by atoms with van der Waals surface area (Å²) in [6, 6.07) is 12.0. The van der Waals surface area contributed by atoms with Crippen LogP contribution in [0.15, 0.2) is 64.9 Å². The standard InChI is InChI=1S/C25H29FN6O2/c1-17(27)16-30(28)22-10-5-18(15-23(22)34-2)14-19-4-3-12-32-25(19)29-24(33)11-13-31(32)21-8-6-20(26)7-9-21/h5-10,14-16H,3-4,11-13,27-28H2,1-2H3/b17-16-,19-14+. The summed E-state index contributed by atoms with van der Waals surface area (Å²) in [4.78, 5) is 16.9. The number of carbonyl (C=O) groups excluding carboxylic acids is 1. The van der Waals surface area contributed by atoms with Crippen molar-refractivity contribution >= 4 is 29.2 Å². The van der Waals surface area contributed by atoms with Crippen LogP contribution < -0.4 is 26.3 Å². The molecule has 2 aromatic carbocycles. The minimum Gasteiger partial charge on any atom is -0.494 e. The van der Waals surface area contributed by atoms with Crippen molar-refractivity contribution in [3.8, 4) is 5.75 Å². The number of nitrogens with zero attached hydrogens (tertiary/aromatic N) is 4. The number of rotatable bonds is 5. The number of allylic oxidation sites excluding steroid dienone is 1. The highest BCUT2D eigenvalue weighted by atomic mass is 19.1. The maximum atomic E-state index is 13.5. The first kappa shape index (κ1) is 23.3. The molecule has 2 aliphatic rings. The fourth-order valence-electron chi connectivity index (χ4n) is 4.17. The second kappa shape index (κ2) is 9.96. The number of methoxy groups -OCH3 is 1. The van der Waals surface area contributed by atoms with Gasteiger partial charge in [0.15, 0.2) is 5.84 Å². The average Bonchev–Trinajstić information content (AvgIpc) is 2.98. The Labute approximate surface area is 198 Å². The topological polar surface area (TPSA) is 100 Å². The van der Waals surface area contributed by atoms with Gasteiger partial charge in [-0.15, -0.1) is 0 Å². The second-order valence-corrected chi connectivity index (χ2v) is 8.29. The van der Waals surface area contributed by atoms with Gasteiger partial charge in [0, 0.05) is 31.4 Å². The lowest BCUT2D eigenvalue weighted by molar-refractivity contribution is -0.117. The Bertz CT molecular complexity index is 1150. The number of piperidine rings is 1. The van der Waals surface area contributed by atoms with Crippen LogP contribution in [0.4, 0.5) is 15.8 Å². The van der Waals surface area contributed by atoms with Crippen LogP contribution in [0.5, 0.6) is 5.75 Å². The fraction of sp³-hybridized carbons (Fsp3) is 0.280. The van der Waals surface area contributed by atoms with Crippen molar-refractivity contribution in [3.63, 3.8) is 0 Å². The number of anilines is 2. The van der Waals surface area contributed by atoms with E-state index in [1.807, 2.05) is 34.3 Å². The molecule has 8 nitrogen and oxygen atoms in total. The lowest BCUT2D eigenvalue weighted by Gasteiger charge is -2.40. The third-order valence-electron chi connectivity index (χ3n) is 5.70. The minimum absolute atomic E-state index is 0.173. The van der Waals surface area contributed by atoms with Crippen molar-refractivity contribution < 1.29 is 13.9 Å². The number of amidine groups is 1. The smallest absolute Gasteiger partial charge is 0.249 e. The number of aliphatic imine (C=N–C) groups is 1. The van der Waals surface area contributed by atoms with Gasteiger partial charge in [-0.2, -0.15) is 4.99 Å². The van der Waals surface area contributed by atoms with E-state index in [4.69, 9.17) is 16.3 Å². The third kappa shape index (κ3) is 5.04. The highest BCUT2D eigenvalue weighted by Crippen LogP contribution is 2.32. The zero-order chi connectivity index (χ0) is 24.2. The van der Waals surface area contributed by atoms with Crippen molar-refractivity contribution in [2.45, 2.75) is 26.2 Å². The number of amides is 1. The number of halogens is 1. The van der Waals surface area contributed by atoms with Gasteiger partial charge in [-0.1, -0.05) is 6.07 Å². The number of hydrazine groups is 2. The van der Waals surface area contributed by atoms with E-state index in [9.17, 15) is 9.18 Å². The monoisotopic (exact) mass is 464 g/mol. The number of hydrogen-bond acceptors (Lipinski definition) is 7. The lowest BCUT2D eigenvalue weighted by Crippen LogP contribution is -2.49. The first-order valence-corrected chi connectivity index (χ1v) is 11.1. The Hall–Kier alpha value is -3.85. The highest BCUT2D eigenvalue weighted by Gasteiger charge is 2.30. The summed E-state index contributed by atoms with van der Waals surface area (Å²) >= 11 is 0. The number of hydrogen-bond donors (Lipinski definition) is 2. The van der Waals surface area contributed by atoms with E-state index in [0.717, 1.165) is 36.2 Å². The quantitative estimate of drug-likeness (QED) is 0.515. The highest BCUT2D eigenvalue weighted by molar-refractivity contribution is 6.09. The number of fused-ring (bicyclic) bond motifs is 1. The van der Waals surface area contributed by atoms with E-state index < -0.39 is 0 Å². The largest absolute Gasteiger partial charge is 0.494 e. The first-order chi connectivity index (χ1) is 16.4. The molecule has 2 aliphatic heterocycles. The molecular formula is C25H29FN6O2. The molecule has 2 heterocycles. The number of ether oxygens (including phenoxy) is 1. The number of carbonyl (C=O) groups is 1. The van der Waals surface area contributed by atoms with Crippen molar-refractivity contribution in [1.82, 2.24) is 5.01 Å². The van der Waals surface area contributed by atoms with Gasteiger partial charge in [0.05, 0.1) is 18.5 Å². The van der Waals surface area contributed by atoms with Crippen LogP contribution >= 0.6 is 0 Å². The van der Waals surface area contributed by atoms with Gasteiger partial charge in [-0.3, -0.25) is 19.8 Å². The molecule has 4 N–H and O–H groups in total. The summed E-state index contributed by atoms with van der Waals surface area (Å²) in [6.45, 7) is 2.95. The minimum atomic E-state index is -0.298. The molecular weight excluding hydrogens is 435 g/mol. The molecule has 1 saturated heterocycles. The van der Waals surface area contributed by atoms with Crippen molar-refractivity contribution in [1.29, 1.82) is 0 Å². The van der Waals surface area contributed by atoms with E-state index in [1.54, 1.807) is 32.4 Å². The van der Waals surface area contributed by atoms with E-state index in [0.29, 0.717) is 29.5 Å². The molecule has 2 aromatic rings. The molecule has 0 aliphatic carbocycles. The summed E-state index contributed by atoms with van der Waals surface area (Å²) in [5, 5.41) is 5.45. The summed E-state index contributed by atoms with van der Waals surface area (Å²) in [5.41, 5.74) is 9.65. The normalized spacial score (nSPS) is 17.9. The van der Waals surface area contributed by atoms with Gasteiger partial charge in [0.2, 0.25) is 5.91 Å². The first-order valence-electron chi connectivity index (χ1n) is 11.1. The van der Waals surface area contributed by atoms with Crippen LogP contribution in [0.1, 0.15) is 31.7 Å².